The summed E-state index contributed by atoms with van der Waals surface area (Å²) in [6.45, 7) is 17.5. The lowest BCUT2D eigenvalue weighted by Crippen LogP contribution is -2.06. The van der Waals surface area contributed by atoms with Gasteiger partial charge in [-0.3, -0.25) is 0 Å². The van der Waals surface area contributed by atoms with Gasteiger partial charge in [-0.05, 0) is 85.0 Å². The summed E-state index contributed by atoms with van der Waals surface area (Å²) in [7, 11) is 0. The predicted molar refractivity (Wildman–Crippen MR) is 133 cm³/mol. The van der Waals surface area contributed by atoms with E-state index in [-0.39, 0.29) is 0 Å². The van der Waals surface area contributed by atoms with Crippen LogP contribution in [-0.2, 0) is 0 Å². The lowest BCUT2D eigenvalue weighted by atomic mass is 9.79. The molecule has 2 nitrogen and oxygen atoms in total. The number of benzene rings is 3. The third kappa shape index (κ3) is 3.84. The second kappa shape index (κ2) is 8.18. The Kier molecular flexibility index (Phi) is 5.99. The van der Waals surface area contributed by atoms with E-state index in [0.717, 1.165) is 33.6 Å². The first-order chi connectivity index (χ1) is 14.0. The molecule has 0 amide bonds. The fourth-order valence-corrected chi connectivity index (χ4v) is 4.55. The van der Waals surface area contributed by atoms with Crippen LogP contribution < -0.4 is 11.5 Å². The highest BCUT2D eigenvalue weighted by molar-refractivity contribution is 5.97. The Labute approximate surface area is 182 Å². The highest BCUT2D eigenvalue weighted by Crippen LogP contribution is 2.47. The molecule has 0 aliphatic carbocycles. The van der Waals surface area contributed by atoms with E-state index in [1.165, 1.54) is 33.4 Å². The smallest absolute Gasteiger partial charge is 0.0423 e. The first kappa shape index (κ1) is 22.0. The molecule has 0 aromatic heterocycles. The predicted octanol–water partition coefficient (Wildman–Crippen LogP) is 7.67. The molecule has 4 N–H and O–H groups in total. The highest BCUT2D eigenvalue weighted by Gasteiger charge is 2.23. The van der Waals surface area contributed by atoms with E-state index >= 15 is 0 Å². The van der Waals surface area contributed by atoms with Crippen molar-refractivity contribution in [1.29, 1.82) is 0 Å². The van der Waals surface area contributed by atoms with Gasteiger partial charge in [0.05, 0.1) is 0 Å². The van der Waals surface area contributed by atoms with Gasteiger partial charge in [0.2, 0.25) is 0 Å². The Hall–Kier alpha value is -2.74. The number of rotatable bonds is 4. The van der Waals surface area contributed by atoms with Crippen LogP contribution in [0.4, 0.5) is 11.4 Å². The van der Waals surface area contributed by atoms with Crippen LogP contribution in [0.2, 0.25) is 0 Å². The fraction of sp³-hybridized carbons (Fsp3) is 0.357. The molecule has 0 atom stereocenters. The molecule has 2 heteroatoms. The van der Waals surface area contributed by atoms with Gasteiger partial charge in [0, 0.05) is 22.5 Å². The van der Waals surface area contributed by atoms with Gasteiger partial charge in [0.15, 0.2) is 0 Å². The van der Waals surface area contributed by atoms with E-state index in [1.807, 2.05) is 0 Å². The van der Waals surface area contributed by atoms with Crippen LogP contribution in [0.3, 0.4) is 0 Å². The van der Waals surface area contributed by atoms with Crippen molar-refractivity contribution in [2.24, 2.45) is 0 Å². The van der Waals surface area contributed by atoms with Gasteiger partial charge in [-0.2, -0.15) is 0 Å². The van der Waals surface area contributed by atoms with Crippen molar-refractivity contribution in [2.75, 3.05) is 11.5 Å². The molecule has 0 aliphatic rings. The third-order valence-electron chi connectivity index (χ3n) is 6.11. The molecule has 0 radical (unpaired) electrons. The second-order valence-corrected chi connectivity index (χ2v) is 9.39. The molecule has 0 unspecified atom stereocenters. The lowest BCUT2D eigenvalue weighted by Gasteiger charge is -2.26. The zero-order chi connectivity index (χ0) is 22.3. The normalized spacial score (nSPS) is 11.5. The molecule has 3 aromatic rings. The van der Waals surface area contributed by atoms with Crippen molar-refractivity contribution in [2.45, 2.75) is 67.2 Å². The largest absolute Gasteiger partial charge is 0.398 e. The van der Waals surface area contributed by atoms with Crippen LogP contribution in [0.15, 0.2) is 36.4 Å². The standard InChI is InChI=1S/C28H36N2/c1-15(2)21-9-10-22(16(3)4)26(24-14-18(6)12-20(8)28(24)30)25(21)23-13-17(5)11-19(7)27(23)29/h9-16H,29-30H2,1-8H3. The minimum atomic E-state index is 0.368. The molecule has 0 aliphatic heterocycles. The third-order valence-corrected chi connectivity index (χ3v) is 6.11. The second-order valence-electron chi connectivity index (χ2n) is 9.39. The molecule has 30 heavy (non-hydrogen) atoms. The number of anilines is 2. The zero-order valence-electron chi connectivity index (χ0n) is 19.8. The van der Waals surface area contributed by atoms with Gasteiger partial charge in [0.25, 0.3) is 0 Å². The molecular formula is C28H36N2. The molecule has 0 heterocycles. The average Bonchev–Trinajstić information content (AvgIpc) is 2.66. The zero-order valence-corrected chi connectivity index (χ0v) is 19.8. The van der Waals surface area contributed by atoms with E-state index < -0.39 is 0 Å². The summed E-state index contributed by atoms with van der Waals surface area (Å²) in [5, 5.41) is 0. The highest BCUT2D eigenvalue weighted by atomic mass is 14.6. The van der Waals surface area contributed by atoms with Crippen LogP contribution in [0.1, 0.15) is 72.9 Å². The summed E-state index contributed by atoms with van der Waals surface area (Å²) in [5.74, 6) is 0.736. The van der Waals surface area contributed by atoms with Gasteiger partial charge in [-0.25, -0.2) is 0 Å². The monoisotopic (exact) mass is 400 g/mol. The number of hydrogen-bond donors (Lipinski definition) is 2. The summed E-state index contributed by atoms with van der Waals surface area (Å²) in [5.41, 5.74) is 27.1. The first-order valence-electron chi connectivity index (χ1n) is 10.9. The molecule has 0 bridgehead atoms. The summed E-state index contributed by atoms with van der Waals surface area (Å²) >= 11 is 0. The Balaban J connectivity index is 2.58. The summed E-state index contributed by atoms with van der Waals surface area (Å²) in [6.07, 6.45) is 0. The van der Waals surface area contributed by atoms with Gasteiger partial charge < -0.3 is 11.5 Å². The molecule has 0 saturated heterocycles. The molecule has 158 valence electrons. The molecule has 0 saturated carbocycles. The van der Waals surface area contributed by atoms with E-state index in [0.29, 0.717) is 11.8 Å². The van der Waals surface area contributed by atoms with E-state index in [4.69, 9.17) is 11.5 Å². The van der Waals surface area contributed by atoms with Crippen molar-refractivity contribution < 1.29 is 0 Å². The van der Waals surface area contributed by atoms with Gasteiger partial charge in [-0.1, -0.05) is 63.1 Å². The van der Waals surface area contributed by atoms with Gasteiger partial charge in [0.1, 0.15) is 0 Å². The van der Waals surface area contributed by atoms with E-state index in [2.05, 4.69) is 91.8 Å². The average molecular weight is 401 g/mol. The molecule has 0 spiro atoms. The maximum atomic E-state index is 6.69. The van der Waals surface area contributed by atoms with Crippen LogP contribution >= 0.6 is 0 Å². The van der Waals surface area contributed by atoms with Crippen LogP contribution in [-0.4, -0.2) is 0 Å². The maximum Gasteiger partial charge on any atom is 0.0423 e. The van der Waals surface area contributed by atoms with Crippen molar-refractivity contribution >= 4 is 11.4 Å². The minimum Gasteiger partial charge on any atom is -0.398 e. The maximum absolute atomic E-state index is 6.69. The summed E-state index contributed by atoms with van der Waals surface area (Å²) < 4.78 is 0. The number of hydrogen-bond acceptors (Lipinski definition) is 2. The summed E-state index contributed by atoms with van der Waals surface area (Å²) in [6, 6.07) is 13.4. The van der Waals surface area contributed by atoms with Gasteiger partial charge >= 0.3 is 0 Å². The Morgan fingerprint density at radius 3 is 1.20 bits per heavy atom. The van der Waals surface area contributed by atoms with Crippen LogP contribution in [0, 0.1) is 27.7 Å². The van der Waals surface area contributed by atoms with Crippen molar-refractivity contribution in [3.05, 3.63) is 69.8 Å². The van der Waals surface area contributed by atoms with Gasteiger partial charge in [-0.15, -0.1) is 0 Å². The fourth-order valence-electron chi connectivity index (χ4n) is 4.55. The van der Waals surface area contributed by atoms with Crippen molar-refractivity contribution in [3.63, 3.8) is 0 Å². The topological polar surface area (TPSA) is 52.0 Å². The molecular weight excluding hydrogens is 364 g/mol. The lowest BCUT2D eigenvalue weighted by molar-refractivity contribution is 0.849. The minimum absolute atomic E-state index is 0.368. The quantitative estimate of drug-likeness (QED) is 0.441. The summed E-state index contributed by atoms with van der Waals surface area (Å²) in [4.78, 5) is 0. The van der Waals surface area contributed by atoms with E-state index in [1.54, 1.807) is 0 Å². The van der Waals surface area contributed by atoms with E-state index in [9.17, 15) is 0 Å². The number of nitrogens with two attached hydrogens (primary N) is 2. The van der Waals surface area contributed by atoms with Crippen molar-refractivity contribution in [3.8, 4) is 22.3 Å². The molecule has 3 aromatic carbocycles. The Morgan fingerprint density at radius 1 is 0.567 bits per heavy atom. The molecule has 0 fully saturated rings. The first-order valence-corrected chi connectivity index (χ1v) is 10.9. The Bertz CT molecular complexity index is 1020. The Morgan fingerprint density at radius 2 is 0.900 bits per heavy atom. The van der Waals surface area contributed by atoms with Crippen LogP contribution in [0.5, 0.6) is 0 Å². The molecule has 3 rings (SSSR count). The van der Waals surface area contributed by atoms with Crippen LogP contribution in [0.25, 0.3) is 22.3 Å². The SMILES string of the molecule is Cc1cc(C)c(N)c(-c2c(C(C)C)ccc(C(C)C)c2-c2cc(C)cc(C)c2N)c1. The van der Waals surface area contributed by atoms with Crippen molar-refractivity contribution in [1.82, 2.24) is 0 Å². The number of nitrogen functional groups attached to an aromatic ring is 2. The number of aryl methyl sites for hydroxylation is 4.